The van der Waals surface area contributed by atoms with E-state index >= 15 is 0 Å². The van der Waals surface area contributed by atoms with Gasteiger partial charge in [-0.1, -0.05) is 32.0 Å². The summed E-state index contributed by atoms with van der Waals surface area (Å²) < 4.78 is 20.2. The van der Waals surface area contributed by atoms with Gasteiger partial charge in [0.15, 0.2) is 0 Å². The number of nitrogens with zero attached hydrogens (tertiary/aromatic N) is 1. The molecular formula is C24H26FNO5. The van der Waals surface area contributed by atoms with Crippen molar-refractivity contribution in [2.45, 2.75) is 26.3 Å². The number of rotatable bonds is 8. The molecule has 0 radical (unpaired) electrons. The maximum absolute atomic E-state index is 14.6. The molecule has 2 aromatic carbocycles. The molecule has 0 saturated carbocycles. The second-order valence-electron chi connectivity index (χ2n) is 7.82. The van der Waals surface area contributed by atoms with Gasteiger partial charge >= 0.3 is 0 Å². The summed E-state index contributed by atoms with van der Waals surface area (Å²) in [6, 6.07) is 11.3. The van der Waals surface area contributed by atoms with Crippen molar-refractivity contribution < 1.29 is 28.9 Å². The van der Waals surface area contributed by atoms with Gasteiger partial charge in [-0.05, 0) is 42.7 Å². The molecule has 1 saturated heterocycles. The number of amides is 1. The quantitative estimate of drug-likeness (QED) is 0.381. The zero-order chi connectivity index (χ0) is 22.5. The van der Waals surface area contributed by atoms with Gasteiger partial charge in [-0.25, -0.2) is 4.39 Å². The van der Waals surface area contributed by atoms with Crippen LogP contribution in [0.15, 0.2) is 54.1 Å². The van der Waals surface area contributed by atoms with Gasteiger partial charge < -0.3 is 19.8 Å². The number of halogens is 1. The zero-order valence-corrected chi connectivity index (χ0v) is 17.5. The van der Waals surface area contributed by atoms with Crippen molar-refractivity contribution in [2.75, 3.05) is 19.8 Å². The molecule has 2 aromatic rings. The van der Waals surface area contributed by atoms with Crippen LogP contribution < -0.4 is 4.74 Å². The van der Waals surface area contributed by atoms with Crippen molar-refractivity contribution in [3.05, 3.63) is 71.0 Å². The first-order valence-electron chi connectivity index (χ1n) is 10.2. The van der Waals surface area contributed by atoms with Crippen molar-refractivity contribution in [2.24, 2.45) is 5.92 Å². The third-order valence-corrected chi connectivity index (χ3v) is 5.01. The van der Waals surface area contributed by atoms with Gasteiger partial charge in [-0.3, -0.25) is 9.59 Å². The number of ether oxygens (including phenoxy) is 1. The number of likely N-dealkylation sites (tertiary alicyclic amines) is 1. The summed E-state index contributed by atoms with van der Waals surface area (Å²) in [5, 5.41) is 20.1. The molecule has 164 valence electrons. The van der Waals surface area contributed by atoms with Gasteiger partial charge in [0.1, 0.15) is 17.3 Å². The lowest BCUT2D eigenvalue weighted by atomic mass is 9.95. The Kier molecular flexibility index (Phi) is 7.07. The first-order valence-corrected chi connectivity index (χ1v) is 10.2. The molecule has 3 rings (SSSR count). The van der Waals surface area contributed by atoms with Crippen LogP contribution in [0.4, 0.5) is 4.39 Å². The Morgan fingerprint density at radius 3 is 2.42 bits per heavy atom. The van der Waals surface area contributed by atoms with Crippen molar-refractivity contribution in [3.8, 4) is 5.75 Å². The minimum atomic E-state index is -1.08. The van der Waals surface area contributed by atoms with Gasteiger partial charge in [-0.15, -0.1) is 0 Å². The normalized spacial score (nSPS) is 18.1. The van der Waals surface area contributed by atoms with E-state index in [1.807, 2.05) is 13.8 Å². The predicted octanol–water partition coefficient (Wildman–Crippen LogP) is 3.66. The number of carbonyl (C=O) groups excluding carboxylic acids is 2. The number of hydrogen-bond acceptors (Lipinski definition) is 5. The maximum Gasteiger partial charge on any atom is 0.295 e. The van der Waals surface area contributed by atoms with E-state index in [0.717, 1.165) is 0 Å². The Labute approximate surface area is 180 Å². The summed E-state index contributed by atoms with van der Waals surface area (Å²) in [5.41, 5.74) is 0.250. The molecule has 1 aliphatic heterocycles. The second kappa shape index (κ2) is 9.75. The van der Waals surface area contributed by atoms with Gasteiger partial charge in [0.2, 0.25) is 0 Å². The van der Waals surface area contributed by atoms with Crippen LogP contribution in [0.1, 0.15) is 37.4 Å². The average Bonchev–Trinajstić information content (AvgIpc) is 3.01. The van der Waals surface area contributed by atoms with E-state index in [1.165, 1.54) is 23.1 Å². The Hall–Kier alpha value is -3.19. The summed E-state index contributed by atoms with van der Waals surface area (Å²) in [6.07, 6.45) is 0.222. The van der Waals surface area contributed by atoms with Gasteiger partial charge in [0.25, 0.3) is 11.7 Å². The van der Waals surface area contributed by atoms with Crippen LogP contribution in [0.2, 0.25) is 0 Å². The summed E-state index contributed by atoms with van der Waals surface area (Å²) >= 11 is 0. The van der Waals surface area contributed by atoms with E-state index in [-0.39, 0.29) is 36.5 Å². The van der Waals surface area contributed by atoms with E-state index in [1.54, 1.807) is 30.3 Å². The lowest BCUT2D eigenvalue weighted by Gasteiger charge is -2.25. The number of carbonyl (C=O) groups is 2. The standard InChI is InChI=1S/C24H26FNO5/c1-15(2)14-31-17-10-8-16(9-11-17)22(28)20-21(18-6-3-4-7-19(18)25)26(12-5-13-27)24(30)23(20)29/h3-4,6-11,15,21,27-28H,5,12-14H2,1-2H3/b22-20+. The molecular weight excluding hydrogens is 401 g/mol. The van der Waals surface area contributed by atoms with E-state index in [4.69, 9.17) is 4.74 Å². The van der Waals surface area contributed by atoms with Gasteiger partial charge in [0.05, 0.1) is 18.2 Å². The highest BCUT2D eigenvalue weighted by molar-refractivity contribution is 6.46. The monoisotopic (exact) mass is 427 g/mol. The van der Waals surface area contributed by atoms with Crippen LogP contribution >= 0.6 is 0 Å². The Morgan fingerprint density at radius 2 is 1.81 bits per heavy atom. The number of aliphatic hydroxyl groups excluding tert-OH is 2. The summed E-state index contributed by atoms with van der Waals surface area (Å²) in [7, 11) is 0. The lowest BCUT2D eigenvalue weighted by Crippen LogP contribution is -2.31. The average molecular weight is 427 g/mol. The number of Topliss-reactive ketones (excluding diaryl/α,β-unsaturated/α-hetero) is 1. The fourth-order valence-electron chi connectivity index (χ4n) is 3.50. The van der Waals surface area contributed by atoms with Gasteiger partial charge in [0, 0.05) is 24.3 Å². The molecule has 1 aliphatic rings. The minimum absolute atomic E-state index is 0.0544. The molecule has 6 nitrogen and oxygen atoms in total. The molecule has 1 unspecified atom stereocenters. The minimum Gasteiger partial charge on any atom is -0.507 e. The topological polar surface area (TPSA) is 87.1 Å². The Morgan fingerprint density at radius 1 is 1.13 bits per heavy atom. The fourth-order valence-corrected chi connectivity index (χ4v) is 3.50. The lowest BCUT2D eigenvalue weighted by molar-refractivity contribution is -0.140. The van der Waals surface area contributed by atoms with Crippen molar-refractivity contribution in [1.29, 1.82) is 0 Å². The SMILES string of the molecule is CC(C)COc1ccc(/C(O)=C2\C(=O)C(=O)N(CCCO)C2c2ccccc2F)cc1. The number of benzene rings is 2. The van der Waals surface area contributed by atoms with E-state index in [0.29, 0.717) is 23.8 Å². The first kappa shape index (κ1) is 22.5. The third-order valence-electron chi connectivity index (χ3n) is 5.01. The molecule has 0 aromatic heterocycles. The number of hydrogen-bond donors (Lipinski definition) is 2. The molecule has 1 atom stereocenters. The van der Waals surface area contributed by atoms with Crippen LogP contribution in [0.5, 0.6) is 5.75 Å². The van der Waals surface area contributed by atoms with Crippen molar-refractivity contribution in [1.82, 2.24) is 4.90 Å². The van der Waals surface area contributed by atoms with Crippen LogP contribution in [-0.4, -0.2) is 46.6 Å². The fraction of sp³-hybridized carbons (Fsp3) is 0.333. The number of aliphatic hydroxyl groups is 2. The molecule has 1 heterocycles. The highest BCUT2D eigenvalue weighted by Crippen LogP contribution is 2.40. The van der Waals surface area contributed by atoms with Crippen molar-refractivity contribution >= 4 is 17.4 Å². The molecule has 31 heavy (non-hydrogen) atoms. The maximum atomic E-state index is 14.6. The Balaban J connectivity index is 2.04. The second-order valence-corrected chi connectivity index (χ2v) is 7.82. The van der Waals surface area contributed by atoms with Crippen LogP contribution in [0.3, 0.4) is 0 Å². The molecule has 0 bridgehead atoms. The molecule has 0 spiro atoms. The van der Waals surface area contributed by atoms with E-state index < -0.39 is 23.5 Å². The molecule has 1 amide bonds. The van der Waals surface area contributed by atoms with Crippen molar-refractivity contribution in [3.63, 3.8) is 0 Å². The van der Waals surface area contributed by atoms with Crippen LogP contribution in [0, 0.1) is 11.7 Å². The molecule has 0 aliphatic carbocycles. The highest BCUT2D eigenvalue weighted by atomic mass is 19.1. The summed E-state index contributed by atoms with van der Waals surface area (Å²) in [6.45, 7) is 4.45. The summed E-state index contributed by atoms with van der Waals surface area (Å²) in [5.74, 6) is -1.73. The molecule has 7 heteroatoms. The number of ketones is 1. The smallest absolute Gasteiger partial charge is 0.295 e. The predicted molar refractivity (Wildman–Crippen MR) is 114 cm³/mol. The zero-order valence-electron chi connectivity index (χ0n) is 17.5. The largest absolute Gasteiger partial charge is 0.507 e. The van der Waals surface area contributed by atoms with Crippen LogP contribution in [0.25, 0.3) is 5.76 Å². The first-order chi connectivity index (χ1) is 14.8. The summed E-state index contributed by atoms with van der Waals surface area (Å²) in [4.78, 5) is 26.7. The van der Waals surface area contributed by atoms with E-state index in [2.05, 4.69) is 0 Å². The third kappa shape index (κ3) is 4.77. The Bertz CT molecular complexity index is 984. The van der Waals surface area contributed by atoms with Crippen LogP contribution in [-0.2, 0) is 9.59 Å². The highest BCUT2D eigenvalue weighted by Gasteiger charge is 2.46. The van der Waals surface area contributed by atoms with Gasteiger partial charge in [-0.2, -0.15) is 0 Å². The molecule has 2 N–H and O–H groups in total. The van der Waals surface area contributed by atoms with E-state index in [9.17, 15) is 24.2 Å². The molecule has 1 fully saturated rings.